The Morgan fingerprint density at radius 3 is 2.36 bits per heavy atom. The minimum absolute atomic E-state index is 0.0876. The summed E-state index contributed by atoms with van der Waals surface area (Å²) in [7, 11) is 0. The number of benzene rings is 2. The average molecular weight is 378 g/mol. The molecule has 3 aromatic rings. The van der Waals surface area contributed by atoms with Crippen molar-refractivity contribution in [2.24, 2.45) is 0 Å². The first kappa shape index (κ1) is 17.9. The van der Waals surface area contributed by atoms with Gasteiger partial charge in [-0.3, -0.25) is 4.79 Å². The number of carbonyl (C=O) groups excluding carboxylic acids is 1. The van der Waals surface area contributed by atoms with E-state index in [0.717, 1.165) is 5.82 Å². The molecule has 0 saturated carbocycles. The van der Waals surface area contributed by atoms with Crippen LogP contribution in [-0.4, -0.2) is 47.0 Å². The molecule has 0 radical (unpaired) electrons. The zero-order valence-corrected chi connectivity index (χ0v) is 15.2. The number of anilines is 1. The van der Waals surface area contributed by atoms with E-state index in [-0.39, 0.29) is 11.7 Å². The lowest BCUT2D eigenvalue weighted by Gasteiger charge is -2.35. The quantitative estimate of drug-likeness (QED) is 0.697. The molecule has 28 heavy (non-hydrogen) atoms. The Balaban J connectivity index is 1.39. The van der Waals surface area contributed by atoms with Crippen molar-refractivity contribution in [3.05, 3.63) is 78.4 Å². The molecule has 0 aliphatic carbocycles. The van der Waals surface area contributed by atoms with Gasteiger partial charge in [0, 0.05) is 37.8 Å². The van der Waals surface area contributed by atoms with Gasteiger partial charge in [-0.05, 0) is 36.4 Å². The smallest absolute Gasteiger partial charge is 0.253 e. The monoisotopic (exact) mass is 378 g/mol. The van der Waals surface area contributed by atoms with E-state index >= 15 is 0 Å². The van der Waals surface area contributed by atoms with Crippen LogP contribution in [0.3, 0.4) is 0 Å². The SMILES string of the molecule is O=C(c1ccc(F)cc1)N1CCN(c2cc(Oc3ccccc3)ncn2)CC1. The minimum atomic E-state index is -0.348. The number of aromatic nitrogens is 2. The van der Waals surface area contributed by atoms with Crippen LogP contribution in [0.15, 0.2) is 67.0 Å². The fraction of sp³-hybridized carbons (Fsp3) is 0.190. The number of halogens is 1. The first-order chi connectivity index (χ1) is 13.7. The maximum Gasteiger partial charge on any atom is 0.253 e. The summed E-state index contributed by atoms with van der Waals surface area (Å²) in [6, 6.07) is 16.9. The number of carbonyl (C=O) groups is 1. The van der Waals surface area contributed by atoms with E-state index in [1.807, 2.05) is 30.3 Å². The standard InChI is InChI=1S/C21H19FN4O2/c22-17-8-6-16(7-9-17)21(27)26-12-10-25(11-13-26)19-14-20(24-15-23-19)28-18-4-2-1-3-5-18/h1-9,14-15H,10-13H2. The first-order valence-corrected chi connectivity index (χ1v) is 9.04. The number of piperazine rings is 1. The van der Waals surface area contributed by atoms with Crippen LogP contribution in [0.25, 0.3) is 0 Å². The van der Waals surface area contributed by atoms with Crippen LogP contribution < -0.4 is 9.64 Å². The molecular weight excluding hydrogens is 359 g/mol. The van der Waals surface area contributed by atoms with E-state index in [1.54, 1.807) is 11.0 Å². The van der Waals surface area contributed by atoms with Crippen molar-refractivity contribution in [1.29, 1.82) is 0 Å². The van der Waals surface area contributed by atoms with Crippen LogP contribution in [0, 0.1) is 5.82 Å². The molecular formula is C21H19FN4O2. The van der Waals surface area contributed by atoms with Gasteiger partial charge in [0.25, 0.3) is 5.91 Å². The summed E-state index contributed by atoms with van der Waals surface area (Å²) in [5, 5.41) is 0. The van der Waals surface area contributed by atoms with Gasteiger partial charge in [0.05, 0.1) is 0 Å². The lowest BCUT2D eigenvalue weighted by Crippen LogP contribution is -2.49. The summed E-state index contributed by atoms with van der Waals surface area (Å²) in [6.45, 7) is 2.42. The van der Waals surface area contributed by atoms with E-state index in [2.05, 4.69) is 14.9 Å². The Kier molecular flexibility index (Phi) is 5.14. The average Bonchev–Trinajstić information content (AvgIpc) is 2.75. The third-order valence-corrected chi connectivity index (χ3v) is 4.58. The van der Waals surface area contributed by atoms with Crippen molar-refractivity contribution in [2.45, 2.75) is 0 Å². The molecule has 0 bridgehead atoms. The Bertz CT molecular complexity index is 942. The molecule has 1 fully saturated rings. The topological polar surface area (TPSA) is 58.6 Å². The number of nitrogens with zero attached hydrogens (tertiary/aromatic N) is 4. The van der Waals surface area contributed by atoms with Crippen molar-refractivity contribution in [2.75, 3.05) is 31.1 Å². The molecule has 0 atom stereocenters. The first-order valence-electron chi connectivity index (χ1n) is 9.04. The normalized spacial score (nSPS) is 14.0. The third kappa shape index (κ3) is 4.09. The Labute approximate surface area is 162 Å². The molecule has 1 amide bonds. The van der Waals surface area contributed by atoms with E-state index in [9.17, 15) is 9.18 Å². The largest absolute Gasteiger partial charge is 0.439 e. The maximum absolute atomic E-state index is 13.0. The van der Waals surface area contributed by atoms with Crippen molar-refractivity contribution in [1.82, 2.24) is 14.9 Å². The molecule has 4 rings (SSSR count). The predicted molar refractivity (Wildman–Crippen MR) is 103 cm³/mol. The number of hydrogen-bond acceptors (Lipinski definition) is 5. The van der Waals surface area contributed by atoms with Gasteiger partial charge in [0.1, 0.15) is 23.7 Å². The number of amides is 1. The second-order valence-corrected chi connectivity index (χ2v) is 6.42. The van der Waals surface area contributed by atoms with Crippen molar-refractivity contribution in [3.8, 4) is 11.6 Å². The number of rotatable bonds is 4. The highest BCUT2D eigenvalue weighted by Gasteiger charge is 2.23. The van der Waals surface area contributed by atoms with E-state index in [0.29, 0.717) is 43.4 Å². The van der Waals surface area contributed by atoms with Gasteiger partial charge < -0.3 is 14.5 Å². The van der Waals surface area contributed by atoms with Gasteiger partial charge in [0.15, 0.2) is 0 Å². The molecule has 6 nitrogen and oxygen atoms in total. The Morgan fingerprint density at radius 2 is 1.64 bits per heavy atom. The van der Waals surface area contributed by atoms with Gasteiger partial charge in [-0.25, -0.2) is 14.4 Å². The minimum Gasteiger partial charge on any atom is -0.439 e. The molecule has 1 aliphatic heterocycles. The van der Waals surface area contributed by atoms with Crippen molar-refractivity contribution >= 4 is 11.7 Å². The number of hydrogen-bond donors (Lipinski definition) is 0. The summed E-state index contributed by atoms with van der Waals surface area (Å²) >= 11 is 0. The molecule has 0 unspecified atom stereocenters. The lowest BCUT2D eigenvalue weighted by atomic mass is 10.2. The zero-order chi connectivity index (χ0) is 19.3. The Morgan fingerprint density at radius 1 is 0.929 bits per heavy atom. The van der Waals surface area contributed by atoms with Crippen LogP contribution in [0.4, 0.5) is 10.2 Å². The molecule has 0 spiro atoms. The highest BCUT2D eigenvalue weighted by atomic mass is 19.1. The fourth-order valence-corrected chi connectivity index (χ4v) is 3.08. The lowest BCUT2D eigenvalue weighted by molar-refractivity contribution is 0.0746. The van der Waals surface area contributed by atoms with Gasteiger partial charge in [-0.15, -0.1) is 0 Å². The zero-order valence-electron chi connectivity index (χ0n) is 15.2. The van der Waals surface area contributed by atoms with Gasteiger partial charge in [-0.1, -0.05) is 18.2 Å². The van der Waals surface area contributed by atoms with Crippen LogP contribution in [0.1, 0.15) is 10.4 Å². The molecule has 1 saturated heterocycles. The van der Waals surface area contributed by atoms with Gasteiger partial charge >= 0.3 is 0 Å². The van der Waals surface area contributed by atoms with E-state index < -0.39 is 0 Å². The molecule has 0 N–H and O–H groups in total. The summed E-state index contributed by atoms with van der Waals surface area (Å²) < 4.78 is 18.8. The fourth-order valence-electron chi connectivity index (χ4n) is 3.08. The second-order valence-electron chi connectivity index (χ2n) is 6.42. The molecule has 2 aromatic carbocycles. The molecule has 1 aromatic heterocycles. The molecule has 142 valence electrons. The van der Waals surface area contributed by atoms with Crippen molar-refractivity contribution < 1.29 is 13.9 Å². The summed E-state index contributed by atoms with van der Waals surface area (Å²) in [6.07, 6.45) is 1.48. The third-order valence-electron chi connectivity index (χ3n) is 4.58. The van der Waals surface area contributed by atoms with Gasteiger partial charge in [-0.2, -0.15) is 0 Å². The Hall–Kier alpha value is -3.48. The molecule has 2 heterocycles. The predicted octanol–water partition coefficient (Wildman–Crippen LogP) is 3.37. The number of ether oxygens (including phenoxy) is 1. The van der Waals surface area contributed by atoms with Crippen LogP contribution in [0.2, 0.25) is 0 Å². The van der Waals surface area contributed by atoms with Crippen LogP contribution >= 0.6 is 0 Å². The summed E-state index contributed by atoms with van der Waals surface area (Å²) in [5.41, 5.74) is 0.496. The second kappa shape index (κ2) is 8.04. The summed E-state index contributed by atoms with van der Waals surface area (Å²) in [5.74, 6) is 1.51. The van der Waals surface area contributed by atoms with Crippen LogP contribution in [-0.2, 0) is 0 Å². The van der Waals surface area contributed by atoms with Crippen molar-refractivity contribution in [3.63, 3.8) is 0 Å². The van der Waals surface area contributed by atoms with Gasteiger partial charge in [0.2, 0.25) is 5.88 Å². The summed E-state index contributed by atoms with van der Waals surface area (Å²) in [4.78, 5) is 24.9. The van der Waals surface area contributed by atoms with Crippen LogP contribution in [0.5, 0.6) is 11.6 Å². The maximum atomic E-state index is 13.0. The number of para-hydroxylation sites is 1. The van der Waals surface area contributed by atoms with E-state index in [4.69, 9.17) is 4.74 Å². The highest BCUT2D eigenvalue weighted by molar-refractivity contribution is 5.94. The molecule has 7 heteroatoms. The molecule has 1 aliphatic rings. The highest BCUT2D eigenvalue weighted by Crippen LogP contribution is 2.23. The van der Waals surface area contributed by atoms with E-state index in [1.165, 1.54) is 30.6 Å².